The smallest absolute Gasteiger partial charge is 0.220 e. The molecule has 0 saturated heterocycles. The molecule has 0 aliphatic heterocycles. The van der Waals surface area contributed by atoms with Gasteiger partial charge in [-0.2, -0.15) is 0 Å². The number of rotatable bonds is 2. The fourth-order valence-electron chi connectivity index (χ4n) is 1.93. The first kappa shape index (κ1) is 22.6. The summed E-state index contributed by atoms with van der Waals surface area (Å²) in [7, 11) is 0. The Hall–Kier alpha value is -2.42. The van der Waals surface area contributed by atoms with Gasteiger partial charge in [-0.05, 0) is 24.3 Å². The van der Waals surface area contributed by atoms with Gasteiger partial charge in [-0.15, -0.1) is 37.2 Å². The molecule has 3 aromatic rings. The standard InChI is InChI=1S/C14H11FN6O.3ClH/c15-12-8(9-2-1-7(22)6-19-9)5-11(20-13(12)16)10-3-4-18-14(17)21-10;;;/h1-6,22H,(H2,16,20)(H2,17,18,21);3*1H. The Labute approximate surface area is 161 Å². The predicted octanol–water partition coefficient (Wildman–Crippen LogP) is 2.88. The van der Waals surface area contributed by atoms with E-state index in [0.717, 1.165) is 0 Å². The van der Waals surface area contributed by atoms with Crippen LogP contribution in [0.15, 0.2) is 36.7 Å². The van der Waals surface area contributed by atoms with Crippen molar-refractivity contribution < 1.29 is 9.50 Å². The number of nitrogen functional groups attached to an aromatic ring is 2. The monoisotopic (exact) mass is 406 g/mol. The zero-order valence-electron chi connectivity index (χ0n) is 12.5. The van der Waals surface area contributed by atoms with Gasteiger partial charge in [0.15, 0.2) is 11.6 Å². The van der Waals surface area contributed by atoms with Gasteiger partial charge in [0.1, 0.15) is 5.75 Å². The lowest BCUT2D eigenvalue weighted by Crippen LogP contribution is -2.02. The van der Waals surface area contributed by atoms with E-state index in [4.69, 9.17) is 11.5 Å². The highest BCUT2D eigenvalue weighted by atomic mass is 35.5. The quantitative estimate of drug-likeness (QED) is 0.596. The van der Waals surface area contributed by atoms with Crippen LogP contribution in [-0.2, 0) is 0 Å². The molecule has 0 aromatic carbocycles. The summed E-state index contributed by atoms with van der Waals surface area (Å²) in [6.45, 7) is 0. The molecule has 0 amide bonds. The number of halogens is 4. The molecular formula is C14H14Cl3FN6O. The van der Waals surface area contributed by atoms with Crippen molar-refractivity contribution >= 4 is 49.0 Å². The Bertz CT molecular complexity index is 850. The molecule has 0 radical (unpaired) electrons. The molecule has 3 rings (SSSR count). The molecule has 0 spiro atoms. The number of nitrogens with two attached hydrogens (primary N) is 2. The van der Waals surface area contributed by atoms with E-state index in [1.54, 1.807) is 6.07 Å². The molecule has 3 aromatic heterocycles. The van der Waals surface area contributed by atoms with Gasteiger partial charge in [-0.3, -0.25) is 4.98 Å². The molecule has 3 heterocycles. The summed E-state index contributed by atoms with van der Waals surface area (Å²) in [5, 5.41) is 9.27. The fraction of sp³-hybridized carbons (Fsp3) is 0. The predicted molar refractivity (Wildman–Crippen MR) is 101 cm³/mol. The van der Waals surface area contributed by atoms with Crippen LogP contribution in [-0.4, -0.2) is 25.0 Å². The van der Waals surface area contributed by atoms with Crippen molar-refractivity contribution in [1.82, 2.24) is 19.9 Å². The summed E-state index contributed by atoms with van der Waals surface area (Å²) in [5.41, 5.74) is 12.4. The van der Waals surface area contributed by atoms with Crippen LogP contribution in [0.1, 0.15) is 0 Å². The number of aromatic hydroxyl groups is 1. The maximum Gasteiger partial charge on any atom is 0.220 e. The van der Waals surface area contributed by atoms with E-state index in [0.29, 0.717) is 17.1 Å². The van der Waals surface area contributed by atoms with Crippen LogP contribution in [0.4, 0.5) is 16.2 Å². The SMILES string of the molecule is Cl.Cl.Cl.Nc1nccc(-c2cc(-c3ccc(O)cn3)c(F)c(N)n2)n1. The Morgan fingerprint density at radius 2 is 1.60 bits per heavy atom. The van der Waals surface area contributed by atoms with Gasteiger partial charge in [-0.1, -0.05) is 0 Å². The van der Waals surface area contributed by atoms with Crippen LogP contribution in [0.2, 0.25) is 0 Å². The highest BCUT2D eigenvalue weighted by Crippen LogP contribution is 2.29. The summed E-state index contributed by atoms with van der Waals surface area (Å²) < 4.78 is 14.2. The summed E-state index contributed by atoms with van der Waals surface area (Å²) in [6.07, 6.45) is 2.69. The van der Waals surface area contributed by atoms with Crippen molar-refractivity contribution in [1.29, 1.82) is 0 Å². The third-order valence-electron chi connectivity index (χ3n) is 2.94. The molecule has 0 bridgehead atoms. The van der Waals surface area contributed by atoms with Gasteiger partial charge in [-0.25, -0.2) is 19.3 Å². The minimum Gasteiger partial charge on any atom is -0.506 e. The third kappa shape index (κ3) is 4.79. The average molecular weight is 408 g/mol. The zero-order valence-corrected chi connectivity index (χ0v) is 14.9. The molecule has 11 heteroatoms. The Morgan fingerprint density at radius 1 is 0.880 bits per heavy atom. The lowest BCUT2D eigenvalue weighted by Gasteiger charge is -2.08. The maximum atomic E-state index is 14.2. The number of hydrogen-bond donors (Lipinski definition) is 3. The summed E-state index contributed by atoms with van der Waals surface area (Å²) in [4.78, 5) is 15.8. The second kappa shape index (κ2) is 9.16. The molecule has 25 heavy (non-hydrogen) atoms. The highest BCUT2D eigenvalue weighted by molar-refractivity contribution is 5.86. The van der Waals surface area contributed by atoms with Gasteiger partial charge in [0.25, 0.3) is 0 Å². The number of anilines is 2. The summed E-state index contributed by atoms with van der Waals surface area (Å²) in [5.74, 6) is -0.912. The maximum absolute atomic E-state index is 14.2. The van der Waals surface area contributed by atoms with Crippen LogP contribution < -0.4 is 11.5 Å². The summed E-state index contributed by atoms with van der Waals surface area (Å²) >= 11 is 0. The molecule has 134 valence electrons. The van der Waals surface area contributed by atoms with E-state index in [1.807, 2.05) is 0 Å². The van der Waals surface area contributed by atoms with Gasteiger partial charge < -0.3 is 16.6 Å². The first-order valence-corrected chi connectivity index (χ1v) is 6.25. The minimum absolute atomic E-state index is 0. The van der Waals surface area contributed by atoms with Crippen molar-refractivity contribution in [2.75, 3.05) is 11.5 Å². The second-order valence-electron chi connectivity index (χ2n) is 4.46. The number of pyridine rings is 2. The van der Waals surface area contributed by atoms with E-state index in [2.05, 4.69) is 19.9 Å². The van der Waals surface area contributed by atoms with Crippen molar-refractivity contribution in [2.45, 2.75) is 0 Å². The van der Waals surface area contributed by atoms with E-state index in [9.17, 15) is 9.50 Å². The lowest BCUT2D eigenvalue weighted by atomic mass is 10.1. The molecule has 0 unspecified atom stereocenters. The third-order valence-corrected chi connectivity index (χ3v) is 2.94. The molecular weight excluding hydrogens is 394 g/mol. The van der Waals surface area contributed by atoms with Gasteiger partial charge in [0.2, 0.25) is 5.95 Å². The van der Waals surface area contributed by atoms with Crippen LogP contribution in [0.3, 0.4) is 0 Å². The highest BCUT2D eigenvalue weighted by Gasteiger charge is 2.15. The first-order chi connectivity index (χ1) is 10.5. The van der Waals surface area contributed by atoms with Gasteiger partial charge in [0.05, 0.1) is 23.3 Å². The fourth-order valence-corrected chi connectivity index (χ4v) is 1.93. The van der Waals surface area contributed by atoms with Crippen LogP contribution in [0, 0.1) is 5.82 Å². The number of nitrogens with zero attached hydrogens (tertiary/aromatic N) is 4. The lowest BCUT2D eigenvalue weighted by molar-refractivity contribution is 0.473. The largest absolute Gasteiger partial charge is 0.506 e. The van der Waals surface area contributed by atoms with E-state index in [1.165, 1.54) is 30.6 Å². The zero-order chi connectivity index (χ0) is 15.7. The molecule has 0 fully saturated rings. The molecule has 0 saturated carbocycles. The minimum atomic E-state index is -0.691. The summed E-state index contributed by atoms with van der Waals surface area (Å²) in [6, 6.07) is 5.93. The van der Waals surface area contributed by atoms with Crippen molar-refractivity contribution in [2.24, 2.45) is 0 Å². The topological polar surface area (TPSA) is 124 Å². The average Bonchev–Trinajstić information content (AvgIpc) is 2.51. The van der Waals surface area contributed by atoms with Crippen LogP contribution in [0.5, 0.6) is 5.75 Å². The van der Waals surface area contributed by atoms with Crippen LogP contribution in [0.25, 0.3) is 22.6 Å². The Kier molecular flexibility index (Phi) is 8.28. The van der Waals surface area contributed by atoms with Gasteiger partial charge in [0, 0.05) is 11.8 Å². The molecule has 0 atom stereocenters. The number of aromatic nitrogens is 4. The molecule has 5 N–H and O–H groups in total. The molecule has 0 aliphatic carbocycles. The number of hydrogen-bond acceptors (Lipinski definition) is 7. The van der Waals surface area contributed by atoms with Crippen molar-refractivity contribution in [3.05, 3.63) is 42.5 Å². The van der Waals surface area contributed by atoms with E-state index in [-0.39, 0.29) is 60.3 Å². The molecule has 7 nitrogen and oxygen atoms in total. The first-order valence-electron chi connectivity index (χ1n) is 6.25. The van der Waals surface area contributed by atoms with E-state index >= 15 is 0 Å². The normalized spacial score (nSPS) is 9.32. The van der Waals surface area contributed by atoms with Gasteiger partial charge >= 0.3 is 0 Å². The Morgan fingerprint density at radius 3 is 2.20 bits per heavy atom. The van der Waals surface area contributed by atoms with Crippen molar-refractivity contribution in [3.8, 4) is 28.4 Å². The second-order valence-corrected chi connectivity index (χ2v) is 4.46. The van der Waals surface area contributed by atoms with Crippen molar-refractivity contribution in [3.63, 3.8) is 0 Å². The van der Waals surface area contributed by atoms with E-state index < -0.39 is 5.82 Å². The Balaban J connectivity index is 0.00000192. The van der Waals surface area contributed by atoms with Crippen LogP contribution >= 0.6 is 37.2 Å². The molecule has 0 aliphatic rings.